The van der Waals surface area contributed by atoms with Crippen molar-refractivity contribution in [3.63, 3.8) is 0 Å². The van der Waals surface area contributed by atoms with Crippen molar-refractivity contribution in [1.29, 1.82) is 0 Å². The summed E-state index contributed by atoms with van der Waals surface area (Å²) < 4.78 is 35.5. The predicted octanol–water partition coefficient (Wildman–Crippen LogP) is 8.44. The van der Waals surface area contributed by atoms with Gasteiger partial charge in [-0.2, -0.15) is 8.42 Å². The fraction of sp³-hybridized carbons (Fsp3) is 0.231. The number of rotatable bonds is 10. The highest BCUT2D eigenvalue weighted by Gasteiger charge is 2.26. The number of aliphatic hydroxyl groups is 2. The number of anilines is 4. The van der Waals surface area contributed by atoms with Crippen LogP contribution < -0.4 is 10.6 Å². The molecule has 0 spiro atoms. The van der Waals surface area contributed by atoms with E-state index in [1.54, 1.807) is 18.2 Å². The van der Waals surface area contributed by atoms with Gasteiger partial charge in [0.1, 0.15) is 0 Å². The zero-order valence-corrected chi connectivity index (χ0v) is 28.5. The van der Waals surface area contributed by atoms with Gasteiger partial charge in [0.05, 0.1) is 18.1 Å². The molecule has 0 aliphatic heterocycles. The fourth-order valence-electron chi connectivity index (χ4n) is 6.62. The number of nitrogens with one attached hydrogen (secondary N) is 2. The molecule has 5 aromatic carbocycles. The van der Waals surface area contributed by atoms with E-state index >= 15 is 0 Å². The van der Waals surface area contributed by atoms with Gasteiger partial charge in [-0.15, -0.1) is 0 Å². The van der Waals surface area contributed by atoms with Crippen LogP contribution in [-0.2, 0) is 23.3 Å². The Morgan fingerprint density at radius 1 is 0.596 bits per heavy atom. The molecule has 0 unspecified atom stereocenters. The number of aliphatic hydroxyl groups excluding tert-OH is 2. The summed E-state index contributed by atoms with van der Waals surface area (Å²) in [5, 5.41) is 28.0. The summed E-state index contributed by atoms with van der Waals surface area (Å²) in [5.41, 5.74) is 13.1. The molecule has 47 heavy (non-hydrogen) atoms. The molecule has 7 nitrogen and oxygen atoms in total. The summed E-state index contributed by atoms with van der Waals surface area (Å²) in [4.78, 5) is -0.206. The van der Waals surface area contributed by atoms with E-state index in [0.29, 0.717) is 27.8 Å². The molecule has 0 aliphatic rings. The molecule has 0 saturated heterocycles. The van der Waals surface area contributed by atoms with Crippen molar-refractivity contribution in [1.82, 2.24) is 0 Å². The zero-order chi connectivity index (χ0) is 34.0. The van der Waals surface area contributed by atoms with Crippen LogP contribution in [0.15, 0.2) is 89.8 Å². The van der Waals surface area contributed by atoms with E-state index in [9.17, 15) is 23.2 Å². The lowest BCUT2D eigenvalue weighted by Gasteiger charge is -2.24. The predicted molar refractivity (Wildman–Crippen MR) is 190 cm³/mol. The standard InChI is InChI=1S/C39H42N2O5S/c1-23-15-25(3)38(26(4)16-23)40-34-13-11-29(19-31(34)21-42)37(33-9-7-8-10-36(33)47(44,45)46)30-12-14-35(32(20-30)22-43)41-39-27(5)17-24(2)18-28(39)6/h7-20,37,40-43H,21-22H2,1-6H3,(H,44,45,46). The molecule has 5 N–H and O–H groups in total. The Bertz CT molecular complexity index is 1910. The summed E-state index contributed by atoms with van der Waals surface area (Å²) >= 11 is 0. The summed E-state index contributed by atoms with van der Waals surface area (Å²) in [5.74, 6) is -0.655. The lowest BCUT2D eigenvalue weighted by atomic mass is 9.83. The van der Waals surface area contributed by atoms with Crippen molar-refractivity contribution in [2.75, 3.05) is 10.6 Å². The Morgan fingerprint density at radius 2 is 1.00 bits per heavy atom. The number of hydrogen-bond acceptors (Lipinski definition) is 6. The van der Waals surface area contributed by atoms with Crippen molar-refractivity contribution in [2.45, 2.75) is 65.6 Å². The van der Waals surface area contributed by atoms with E-state index in [2.05, 4.69) is 48.7 Å². The molecule has 0 amide bonds. The highest BCUT2D eigenvalue weighted by atomic mass is 32.2. The van der Waals surface area contributed by atoms with Gasteiger partial charge in [-0.1, -0.05) is 77.9 Å². The van der Waals surface area contributed by atoms with Crippen molar-refractivity contribution in [2.24, 2.45) is 0 Å². The molecule has 0 fully saturated rings. The summed E-state index contributed by atoms with van der Waals surface area (Å²) in [7, 11) is -4.57. The monoisotopic (exact) mass is 650 g/mol. The third kappa shape index (κ3) is 7.26. The second-order valence-corrected chi connectivity index (χ2v) is 13.8. The molecule has 5 aromatic rings. The molecule has 0 aromatic heterocycles. The first kappa shape index (κ1) is 33.9. The SMILES string of the molecule is Cc1cc(C)c(Nc2ccc(C(c3ccc(Nc4c(C)cc(C)cc4C)c(CO)c3)c3ccccc3S(=O)(=O)O)cc2CO)c(C)c1. The maximum atomic E-state index is 12.6. The number of aryl methyl sites for hydroxylation is 6. The van der Waals surface area contributed by atoms with E-state index in [4.69, 9.17) is 0 Å². The maximum Gasteiger partial charge on any atom is 0.294 e. The highest BCUT2D eigenvalue weighted by Crippen LogP contribution is 2.40. The Hall–Kier alpha value is -4.47. The van der Waals surface area contributed by atoms with Gasteiger partial charge in [0, 0.05) is 39.8 Å². The van der Waals surface area contributed by atoms with Crippen molar-refractivity contribution in [3.8, 4) is 0 Å². The minimum atomic E-state index is -4.57. The zero-order valence-electron chi connectivity index (χ0n) is 27.6. The average Bonchev–Trinajstić information content (AvgIpc) is 3.01. The molecule has 0 aliphatic carbocycles. The Morgan fingerprint density at radius 3 is 1.38 bits per heavy atom. The molecular weight excluding hydrogens is 609 g/mol. The van der Waals surface area contributed by atoms with Gasteiger partial charge in [-0.3, -0.25) is 4.55 Å². The first-order valence-corrected chi connectivity index (χ1v) is 17.0. The third-order valence-corrected chi connectivity index (χ3v) is 9.57. The smallest absolute Gasteiger partial charge is 0.294 e. The van der Waals surface area contributed by atoms with Gasteiger partial charge in [0.2, 0.25) is 0 Å². The summed E-state index contributed by atoms with van der Waals surface area (Å²) in [6.07, 6.45) is 0. The quantitative estimate of drug-likeness (QED) is 0.0760. The summed E-state index contributed by atoms with van der Waals surface area (Å²) in [6, 6.07) is 26.0. The van der Waals surface area contributed by atoms with Crippen LogP contribution >= 0.6 is 0 Å². The Labute approximate surface area is 277 Å². The van der Waals surface area contributed by atoms with Crippen LogP contribution in [0.1, 0.15) is 67.1 Å². The number of hydrogen-bond donors (Lipinski definition) is 5. The van der Waals surface area contributed by atoms with Gasteiger partial charge < -0.3 is 20.8 Å². The molecule has 0 radical (unpaired) electrons. The lowest BCUT2D eigenvalue weighted by Crippen LogP contribution is -2.12. The first-order chi connectivity index (χ1) is 22.3. The molecule has 0 atom stereocenters. The molecule has 8 heteroatoms. The molecule has 244 valence electrons. The summed E-state index contributed by atoms with van der Waals surface area (Å²) in [6.45, 7) is 11.7. The minimum Gasteiger partial charge on any atom is -0.392 e. The van der Waals surface area contributed by atoms with Crippen LogP contribution in [0.5, 0.6) is 0 Å². The second-order valence-electron chi connectivity index (χ2n) is 12.4. The number of benzene rings is 5. The van der Waals surface area contributed by atoms with Crippen LogP contribution in [0.2, 0.25) is 0 Å². The van der Waals surface area contributed by atoms with E-state index in [1.165, 1.54) is 6.07 Å². The van der Waals surface area contributed by atoms with Crippen molar-refractivity contribution < 1.29 is 23.2 Å². The van der Waals surface area contributed by atoms with Gasteiger partial charge >= 0.3 is 0 Å². The van der Waals surface area contributed by atoms with Crippen LogP contribution in [0.3, 0.4) is 0 Å². The fourth-order valence-corrected chi connectivity index (χ4v) is 7.36. The van der Waals surface area contributed by atoms with E-state index in [0.717, 1.165) is 56.1 Å². The minimum absolute atomic E-state index is 0.206. The van der Waals surface area contributed by atoms with Crippen LogP contribution in [0, 0.1) is 41.5 Å². The lowest BCUT2D eigenvalue weighted by molar-refractivity contribution is 0.282. The van der Waals surface area contributed by atoms with Crippen LogP contribution in [-0.4, -0.2) is 23.2 Å². The van der Waals surface area contributed by atoms with Gasteiger partial charge in [0.25, 0.3) is 10.1 Å². The van der Waals surface area contributed by atoms with Crippen LogP contribution in [0.25, 0.3) is 0 Å². The van der Waals surface area contributed by atoms with Crippen LogP contribution in [0.4, 0.5) is 22.7 Å². The molecule has 0 bridgehead atoms. The van der Waals surface area contributed by atoms with E-state index in [1.807, 2.05) is 64.1 Å². The molecular formula is C39H42N2O5S. The molecule has 0 saturated carbocycles. The van der Waals surface area contributed by atoms with Gasteiger partial charge in [-0.05, 0) is 98.7 Å². The van der Waals surface area contributed by atoms with E-state index in [-0.39, 0.29) is 18.1 Å². The first-order valence-electron chi connectivity index (χ1n) is 15.5. The highest BCUT2D eigenvalue weighted by molar-refractivity contribution is 7.85. The topological polar surface area (TPSA) is 119 Å². The van der Waals surface area contributed by atoms with E-state index < -0.39 is 16.0 Å². The largest absolute Gasteiger partial charge is 0.392 e. The molecule has 0 heterocycles. The average molecular weight is 651 g/mol. The maximum absolute atomic E-state index is 12.6. The Balaban J connectivity index is 1.65. The second kappa shape index (κ2) is 13.7. The van der Waals surface area contributed by atoms with Gasteiger partial charge in [-0.25, -0.2) is 0 Å². The third-order valence-electron chi connectivity index (χ3n) is 8.65. The van der Waals surface area contributed by atoms with Crippen molar-refractivity contribution >= 4 is 32.9 Å². The van der Waals surface area contributed by atoms with Crippen molar-refractivity contribution in [3.05, 3.63) is 146 Å². The normalized spacial score (nSPS) is 11.6. The van der Waals surface area contributed by atoms with Gasteiger partial charge in [0.15, 0.2) is 0 Å². The Kier molecular flexibility index (Phi) is 9.89. The molecule has 5 rings (SSSR count).